The number of rotatable bonds is 7. The van der Waals surface area contributed by atoms with Crippen molar-refractivity contribution in [1.82, 2.24) is 20.3 Å². The van der Waals surface area contributed by atoms with E-state index in [4.69, 9.17) is 5.21 Å². The van der Waals surface area contributed by atoms with E-state index in [-0.39, 0.29) is 55.7 Å². The number of benzene rings is 1. The van der Waals surface area contributed by atoms with E-state index in [1.54, 1.807) is 6.20 Å². The second kappa shape index (κ2) is 16.8. The molecule has 0 unspecified atom stereocenters. The van der Waals surface area contributed by atoms with Crippen LogP contribution in [0, 0.1) is 11.6 Å². The van der Waals surface area contributed by atoms with Crippen LogP contribution < -0.4 is 10.8 Å². The molecule has 3 N–H and O–H groups in total. The molecule has 0 spiro atoms. The Morgan fingerprint density at radius 1 is 1.18 bits per heavy atom. The highest BCUT2D eigenvalue weighted by molar-refractivity contribution is 5.90. The Labute approximate surface area is 216 Å². The minimum atomic E-state index is -0.642. The summed E-state index contributed by atoms with van der Waals surface area (Å²) in [6, 6.07) is 3.90. The number of nitrogens with one attached hydrogen (secondary N) is 2. The summed E-state index contributed by atoms with van der Waals surface area (Å²) in [5, 5.41) is 11.8. The molecule has 2 heterocycles. The SMILES string of the molecule is Cl.Cl.Cl.Cl.O=C(C=Cc1cnc(N[C@@H]2CCCN(CCc3ccc(F)cc3F)C2)cn1)NO. The molecule has 13 heteroatoms. The number of piperidine rings is 1. The Bertz CT molecular complexity index is 878. The number of nitrogens with zero attached hydrogens (tertiary/aromatic N) is 3. The Balaban J connectivity index is 0. The number of likely N-dealkylation sites (tertiary alicyclic amines) is 1. The summed E-state index contributed by atoms with van der Waals surface area (Å²) in [7, 11) is 0. The van der Waals surface area contributed by atoms with Gasteiger partial charge in [-0.2, -0.15) is 0 Å². The third-order valence-corrected chi connectivity index (χ3v) is 4.76. The lowest BCUT2D eigenvalue weighted by Gasteiger charge is -2.33. The first-order chi connectivity index (χ1) is 14.0. The lowest BCUT2D eigenvalue weighted by atomic mass is 10.0. The fraction of sp³-hybridized carbons (Fsp3) is 0.350. The predicted octanol–water partition coefficient (Wildman–Crippen LogP) is 4.08. The lowest BCUT2D eigenvalue weighted by molar-refractivity contribution is -0.124. The molecule has 1 fully saturated rings. The first-order valence-corrected chi connectivity index (χ1v) is 9.40. The highest BCUT2D eigenvalue weighted by atomic mass is 35.5. The first kappa shape index (κ1) is 33.4. The van der Waals surface area contributed by atoms with Gasteiger partial charge in [0.1, 0.15) is 17.5 Å². The van der Waals surface area contributed by atoms with Gasteiger partial charge in [-0.1, -0.05) is 6.07 Å². The third-order valence-electron chi connectivity index (χ3n) is 4.76. The molecule has 1 aliphatic rings. The average Bonchev–Trinajstić information content (AvgIpc) is 2.72. The van der Waals surface area contributed by atoms with Crippen LogP contribution in [0.5, 0.6) is 0 Å². The molecule has 7 nitrogen and oxygen atoms in total. The van der Waals surface area contributed by atoms with E-state index in [1.165, 1.54) is 29.9 Å². The summed E-state index contributed by atoms with van der Waals surface area (Å²) >= 11 is 0. The molecular weight excluding hydrogens is 522 g/mol. The number of carbonyl (C=O) groups excluding carboxylic acids is 1. The number of hydrogen-bond donors (Lipinski definition) is 3. The maximum absolute atomic E-state index is 13.8. The van der Waals surface area contributed by atoms with Crippen LogP contribution in [0.25, 0.3) is 6.08 Å². The molecule has 0 bridgehead atoms. The van der Waals surface area contributed by atoms with E-state index in [0.717, 1.165) is 38.1 Å². The molecule has 1 aliphatic heterocycles. The molecule has 0 radical (unpaired) electrons. The van der Waals surface area contributed by atoms with Crippen molar-refractivity contribution in [2.45, 2.75) is 25.3 Å². The van der Waals surface area contributed by atoms with Crippen molar-refractivity contribution in [3.63, 3.8) is 0 Å². The average molecular weight is 549 g/mol. The zero-order valence-corrected chi connectivity index (χ0v) is 20.7. The maximum Gasteiger partial charge on any atom is 0.267 e. The standard InChI is InChI=1S/C20H23F2N5O2.4ClH/c21-15-4-3-14(18(22)10-15)7-9-27-8-1-2-17(13-27)25-19-12-23-16(11-24-19)5-6-20(28)26-29;;;;/h3-6,10-12,17,29H,1-2,7-9,13H2,(H,24,25)(H,26,28);4*1H/t17-;;;;/m1..../s1. The summed E-state index contributed by atoms with van der Waals surface area (Å²) in [6.45, 7) is 2.43. The van der Waals surface area contributed by atoms with E-state index >= 15 is 0 Å². The van der Waals surface area contributed by atoms with Gasteiger partial charge in [-0.3, -0.25) is 15.0 Å². The van der Waals surface area contributed by atoms with Crippen molar-refractivity contribution in [3.05, 3.63) is 59.6 Å². The number of anilines is 1. The van der Waals surface area contributed by atoms with E-state index in [9.17, 15) is 13.6 Å². The van der Waals surface area contributed by atoms with Gasteiger partial charge in [0.25, 0.3) is 5.91 Å². The van der Waals surface area contributed by atoms with Crippen LogP contribution >= 0.6 is 49.6 Å². The van der Waals surface area contributed by atoms with Gasteiger partial charge in [-0.15, -0.1) is 49.6 Å². The summed E-state index contributed by atoms with van der Waals surface area (Å²) < 4.78 is 26.8. The third kappa shape index (κ3) is 10.8. The quantitative estimate of drug-likeness (QED) is 0.274. The zero-order valence-electron chi connectivity index (χ0n) is 17.4. The number of carbonyl (C=O) groups is 1. The van der Waals surface area contributed by atoms with Crippen molar-refractivity contribution in [2.75, 3.05) is 25.0 Å². The second-order valence-corrected chi connectivity index (χ2v) is 6.91. The maximum atomic E-state index is 13.8. The second-order valence-electron chi connectivity index (χ2n) is 6.91. The molecule has 1 aromatic heterocycles. The van der Waals surface area contributed by atoms with E-state index in [1.807, 2.05) is 0 Å². The van der Waals surface area contributed by atoms with Gasteiger partial charge in [0, 0.05) is 31.3 Å². The summed E-state index contributed by atoms with van der Waals surface area (Å²) in [5.41, 5.74) is 2.51. The van der Waals surface area contributed by atoms with Crippen molar-refractivity contribution in [1.29, 1.82) is 0 Å². The molecule has 1 saturated heterocycles. The molecular formula is C20H27Cl4F2N5O2. The van der Waals surface area contributed by atoms with Crippen LogP contribution in [0.3, 0.4) is 0 Å². The minimum absolute atomic E-state index is 0. The van der Waals surface area contributed by atoms with Gasteiger partial charge in [0.05, 0.1) is 18.1 Å². The first-order valence-electron chi connectivity index (χ1n) is 9.40. The fourth-order valence-electron chi connectivity index (χ4n) is 3.29. The normalized spacial score (nSPS) is 15.3. The lowest BCUT2D eigenvalue weighted by Crippen LogP contribution is -2.43. The van der Waals surface area contributed by atoms with Gasteiger partial charge in [-0.25, -0.2) is 19.2 Å². The molecule has 2 aromatic rings. The van der Waals surface area contributed by atoms with Gasteiger partial charge >= 0.3 is 0 Å². The van der Waals surface area contributed by atoms with E-state index in [0.29, 0.717) is 30.0 Å². The molecule has 0 saturated carbocycles. The van der Waals surface area contributed by atoms with E-state index < -0.39 is 17.5 Å². The molecule has 1 amide bonds. The highest BCUT2D eigenvalue weighted by Gasteiger charge is 2.20. The van der Waals surface area contributed by atoms with Gasteiger partial charge < -0.3 is 10.2 Å². The van der Waals surface area contributed by atoms with Crippen molar-refractivity contribution < 1.29 is 18.8 Å². The van der Waals surface area contributed by atoms with Crippen molar-refractivity contribution >= 4 is 67.4 Å². The predicted molar refractivity (Wildman–Crippen MR) is 133 cm³/mol. The Morgan fingerprint density at radius 2 is 1.94 bits per heavy atom. The Hall–Kier alpha value is -1.75. The van der Waals surface area contributed by atoms with E-state index in [2.05, 4.69) is 20.2 Å². The zero-order chi connectivity index (χ0) is 20.6. The topological polar surface area (TPSA) is 90.4 Å². The summed E-state index contributed by atoms with van der Waals surface area (Å²) in [5.74, 6) is -1.08. The van der Waals surface area contributed by atoms with Gasteiger partial charge in [-0.05, 0) is 43.5 Å². The Kier molecular flexibility index (Phi) is 17.0. The number of hydrogen-bond acceptors (Lipinski definition) is 6. The molecule has 186 valence electrons. The van der Waals surface area contributed by atoms with Crippen LogP contribution in [0.4, 0.5) is 14.6 Å². The van der Waals surface area contributed by atoms with Crippen LogP contribution in [-0.4, -0.2) is 51.7 Å². The number of hydroxylamine groups is 1. The molecule has 0 aliphatic carbocycles. The van der Waals surface area contributed by atoms with Crippen LogP contribution in [-0.2, 0) is 11.2 Å². The number of aromatic nitrogens is 2. The number of amides is 1. The highest BCUT2D eigenvalue weighted by Crippen LogP contribution is 2.16. The summed E-state index contributed by atoms with van der Waals surface area (Å²) in [6.07, 6.45) is 8.24. The monoisotopic (exact) mass is 547 g/mol. The van der Waals surface area contributed by atoms with Gasteiger partial charge in [0.2, 0.25) is 0 Å². The van der Waals surface area contributed by atoms with Crippen molar-refractivity contribution in [2.24, 2.45) is 0 Å². The van der Waals surface area contributed by atoms with Crippen LogP contribution in [0.15, 0.2) is 36.7 Å². The Morgan fingerprint density at radius 3 is 2.58 bits per heavy atom. The molecule has 1 atom stereocenters. The van der Waals surface area contributed by atoms with Crippen molar-refractivity contribution in [3.8, 4) is 0 Å². The minimum Gasteiger partial charge on any atom is -0.365 e. The smallest absolute Gasteiger partial charge is 0.267 e. The largest absolute Gasteiger partial charge is 0.365 e. The van der Waals surface area contributed by atoms with Crippen LogP contribution in [0.1, 0.15) is 24.1 Å². The fourth-order valence-corrected chi connectivity index (χ4v) is 3.29. The van der Waals surface area contributed by atoms with Gasteiger partial charge in [0.15, 0.2) is 0 Å². The van der Waals surface area contributed by atoms with Crippen LogP contribution in [0.2, 0.25) is 0 Å². The summed E-state index contributed by atoms with van der Waals surface area (Å²) in [4.78, 5) is 21.7. The number of halogens is 6. The molecule has 33 heavy (non-hydrogen) atoms. The molecule has 1 aromatic carbocycles. The molecule has 3 rings (SSSR count).